The number of carbonyl (C=O) groups excluding carboxylic acids is 2. The summed E-state index contributed by atoms with van der Waals surface area (Å²) in [6, 6.07) is 6.22. The molecule has 0 radical (unpaired) electrons. The number of nitrogens with zero attached hydrogens (tertiary/aromatic N) is 3. The summed E-state index contributed by atoms with van der Waals surface area (Å²) in [7, 11) is 0. The monoisotopic (exact) mass is 359 g/mol. The van der Waals surface area contributed by atoms with Gasteiger partial charge < -0.3 is 0 Å². The number of rotatable bonds is 5. The van der Waals surface area contributed by atoms with Crippen LogP contribution in [0.1, 0.15) is 19.4 Å². The fourth-order valence-electron chi connectivity index (χ4n) is 2.44. The summed E-state index contributed by atoms with van der Waals surface area (Å²) in [6.45, 7) is 4.25. The van der Waals surface area contributed by atoms with Gasteiger partial charge in [0.25, 0.3) is 17.5 Å². The summed E-state index contributed by atoms with van der Waals surface area (Å²) in [4.78, 5) is 38.1. The van der Waals surface area contributed by atoms with Gasteiger partial charge in [-0.05, 0) is 44.3 Å². The number of nitro benzene ring substituents is 1. The third-order valence-electron chi connectivity index (χ3n) is 3.72. The normalized spacial score (nSPS) is 15.3. The first kappa shape index (κ1) is 18.5. The van der Waals surface area contributed by atoms with Crippen molar-refractivity contribution in [3.05, 3.63) is 57.7 Å². The van der Waals surface area contributed by atoms with Gasteiger partial charge in [0.15, 0.2) is 5.11 Å². The lowest BCUT2D eigenvalue weighted by Crippen LogP contribution is -2.55. The zero-order valence-corrected chi connectivity index (χ0v) is 14.7. The Labute approximate surface area is 150 Å². The van der Waals surface area contributed by atoms with Crippen molar-refractivity contribution in [2.24, 2.45) is 0 Å². The number of likely N-dealkylation sites (N-methyl/N-ethyl adjacent to an activating group) is 2. The number of hydrogen-bond acceptors (Lipinski definition) is 5. The molecule has 0 spiro atoms. The molecule has 25 heavy (non-hydrogen) atoms. The van der Waals surface area contributed by atoms with Crippen LogP contribution in [0.15, 0.2) is 42.0 Å². The molecule has 1 fully saturated rings. The molecule has 1 aliphatic rings. The molecule has 1 aliphatic heterocycles. The van der Waals surface area contributed by atoms with Crippen molar-refractivity contribution < 1.29 is 14.5 Å². The maximum Gasteiger partial charge on any atom is 0.276 e. The molecule has 130 valence electrons. The van der Waals surface area contributed by atoms with E-state index in [1.807, 2.05) is 0 Å². The molecule has 0 N–H and O–H groups in total. The first-order valence-electron chi connectivity index (χ1n) is 7.71. The predicted molar refractivity (Wildman–Crippen MR) is 97.6 cm³/mol. The van der Waals surface area contributed by atoms with Crippen molar-refractivity contribution in [3.8, 4) is 0 Å². The van der Waals surface area contributed by atoms with Crippen molar-refractivity contribution in [1.29, 1.82) is 0 Å². The maximum atomic E-state index is 12.4. The molecule has 1 aromatic carbocycles. The Bertz CT molecular complexity index is 773. The van der Waals surface area contributed by atoms with Crippen LogP contribution in [-0.4, -0.2) is 44.7 Å². The lowest BCUT2D eigenvalue weighted by Gasteiger charge is -2.35. The average molecular weight is 359 g/mol. The molecule has 8 heteroatoms. The predicted octanol–water partition coefficient (Wildman–Crippen LogP) is 2.53. The lowest BCUT2D eigenvalue weighted by atomic mass is 10.1. The van der Waals surface area contributed by atoms with Crippen LogP contribution in [0.3, 0.4) is 0 Å². The zero-order chi connectivity index (χ0) is 18.6. The Hall–Kier alpha value is -2.87. The molecule has 0 bridgehead atoms. The molecule has 1 saturated heterocycles. The number of amides is 2. The molecule has 7 nitrogen and oxygen atoms in total. The molecule has 0 saturated carbocycles. The standard InChI is InChI=1S/C17H17N3O4S/c1-3-18-15(21)13(16(22)19(4-2)17(18)25)10-7-9-12-8-5-6-11-14(12)20(23)24/h5-11H,3-4H2,1-2H3. The van der Waals surface area contributed by atoms with Gasteiger partial charge in [-0.15, -0.1) is 0 Å². The highest BCUT2D eigenvalue weighted by molar-refractivity contribution is 7.80. The number of nitro groups is 1. The van der Waals surface area contributed by atoms with Crippen molar-refractivity contribution in [2.45, 2.75) is 13.8 Å². The molecule has 1 aromatic rings. The summed E-state index contributed by atoms with van der Waals surface area (Å²) >= 11 is 5.18. The number of para-hydroxylation sites is 1. The van der Waals surface area contributed by atoms with Crippen molar-refractivity contribution in [2.75, 3.05) is 13.1 Å². The van der Waals surface area contributed by atoms with Gasteiger partial charge in [0, 0.05) is 19.2 Å². The first-order valence-corrected chi connectivity index (χ1v) is 8.12. The minimum absolute atomic E-state index is 0.0212. The van der Waals surface area contributed by atoms with E-state index in [-0.39, 0.29) is 16.4 Å². The average Bonchev–Trinajstić information content (AvgIpc) is 2.59. The van der Waals surface area contributed by atoms with E-state index in [0.29, 0.717) is 18.7 Å². The van der Waals surface area contributed by atoms with Gasteiger partial charge in [-0.25, -0.2) is 0 Å². The van der Waals surface area contributed by atoms with E-state index in [1.54, 1.807) is 32.0 Å². The van der Waals surface area contributed by atoms with Gasteiger partial charge in [-0.2, -0.15) is 0 Å². The van der Waals surface area contributed by atoms with Crippen LogP contribution in [-0.2, 0) is 9.59 Å². The fraction of sp³-hybridized carbons (Fsp3) is 0.235. The van der Waals surface area contributed by atoms with E-state index in [4.69, 9.17) is 12.2 Å². The Morgan fingerprint density at radius 3 is 2.20 bits per heavy atom. The second-order valence-corrected chi connectivity index (χ2v) is 5.50. The topological polar surface area (TPSA) is 83.8 Å². The summed E-state index contributed by atoms with van der Waals surface area (Å²) in [5.41, 5.74) is 0.312. The number of hydrogen-bond donors (Lipinski definition) is 0. The second kappa shape index (κ2) is 7.80. The molecular weight excluding hydrogens is 342 g/mol. The molecule has 1 heterocycles. The van der Waals surface area contributed by atoms with E-state index in [0.717, 1.165) is 0 Å². The third-order valence-corrected chi connectivity index (χ3v) is 4.16. The lowest BCUT2D eigenvalue weighted by molar-refractivity contribution is -0.385. The van der Waals surface area contributed by atoms with Gasteiger partial charge >= 0.3 is 0 Å². The minimum Gasteiger partial charge on any atom is -0.285 e. The Kier molecular flexibility index (Phi) is 5.76. The van der Waals surface area contributed by atoms with Gasteiger partial charge in [0.05, 0.1) is 10.5 Å². The Morgan fingerprint density at radius 1 is 1.12 bits per heavy atom. The van der Waals surface area contributed by atoms with E-state index < -0.39 is 16.7 Å². The van der Waals surface area contributed by atoms with Crippen LogP contribution >= 0.6 is 12.2 Å². The second-order valence-electron chi connectivity index (χ2n) is 5.14. The SMILES string of the molecule is CCN1C(=O)C(=CC=Cc2ccccc2[N+](=O)[O-])C(=O)N(CC)C1=S. The third kappa shape index (κ3) is 3.63. The zero-order valence-electron chi connectivity index (χ0n) is 13.8. The van der Waals surface area contributed by atoms with E-state index >= 15 is 0 Å². The van der Waals surface area contributed by atoms with Gasteiger partial charge in [0.2, 0.25) is 0 Å². The molecule has 0 unspecified atom stereocenters. The fourth-order valence-corrected chi connectivity index (χ4v) is 2.87. The van der Waals surface area contributed by atoms with Crippen molar-refractivity contribution in [3.63, 3.8) is 0 Å². The largest absolute Gasteiger partial charge is 0.285 e. The number of carbonyl (C=O) groups is 2. The highest BCUT2D eigenvalue weighted by Gasteiger charge is 2.37. The van der Waals surface area contributed by atoms with Crippen molar-refractivity contribution >= 4 is 40.9 Å². The molecule has 0 aromatic heterocycles. The van der Waals surface area contributed by atoms with Crippen LogP contribution in [0, 0.1) is 10.1 Å². The Morgan fingerprint density at radius 2 is 1.68 bits per heavy atom. The van der Waals surface area contributed by atoms with Gasteiger partial charge in [-0.1, -0.05) is 18.2 Å². The van der Waals surface area contributed by atoms with Crippen LogP contribution in [0.2, 0.25) is 0 Å². The first-order chi connectivity index (χ1) is 11.9. The van der Waals surface area contributed by atoms with E-state index in [1.165, 1.54) is 34.1 Å². The molecular formula is C17H17N3O4S. The van der Waals surface area contributed by atoms with E-state index in [9.17, 15) is 19.7 Å². The molecule has 2 amide bonds. The van der Waals surface area contributed by atoms with Crippen LogP contribution in [0.4, 0.5) is 5.69 Å². The van der Waals surface area contributed by atoms with Crippen LogP contribution < -0.4 is 0 Å². The minimum atomic E-state index is -0.486. The smallest absolute Gasteiger partial charge is 0.276 e. The van der Waals surface area contributed by atoms with E-state index in [2.05, 4.69) is 0 Å². The summed E-state index contributed by atoms with van der Waals surface area (Å²) in [5.74, 6) is -0.927. The van der Waals surface area contributed by atoms with Crippen LogP contribution in [0.25, 0.3) is 6.08 Å². The van der Waals surface area contributed by atoms with Gasteiger partial charge in [-0.3, -0.25) is 29.5 Å². The summed E-state index contributed by atoms with van der Waals surface area (Å²) in [6.07, 6.45) is 4.32. The van der Waals surface area contributed by atoms with Crippen LogP contribution in [0.5, 0.6) is 0 Å². The van der Waals surface area contributed by atoms with Crippen molar-refractivity contribution in [1.82, 2.24) is 9.80 Å². The number of allylic oxidation sites excluding steroid dienone is 2. The van der Waals surface area contributed by atoms with Gasteiger partial charge in [0.1, 0.15) is 5.57 Å². The number of thiocarbonyl (C=S) groups is 1. The highest BCUT2D eigenvalue weighted by atomic mass is 32.1. The highest BCUT2D eigenvalue weighted by Crippen LogP contribution is 2.20. The summed E-state index contributed by atoms with van der Waals surface area (Å²) < 4.78 is 0. The molecule has 2 rings (SSSR count). The Balaban J connectivity index is 2.36. The molecule has 0 atom stereocenters. The number of benzene rings is 1. The maximum absolute atomic E-state index is 12.4. The quantitative estimate of drug-likeness (QED) is 0.265. The summed E-state index contributed by atoms with van der Waals surface area (Å²) in [5, 5.41) is 11.2. The molecule has 0 aliphatic carbocycles.